The van der Waals surface area contributed by atoms with E-state index < -0.39 is 68.3 Å². The minimum atomic E-state index is -5.12. The number of benzene rings is 3. The first-order chi connectivity index (χ1) is 40.7. The highest BCUT2D eigenvalue weighted by molar-refractivity contribution is 7.99. The number of carbonyl (C=O) groups is 4. The molecule has 3 aromatic carbocycles. The molecule has 466 valence electrons. The van der Waals surface area contributed by atoms with Crippen LogP contribution in [0.1, 0.15) is 46.3 Å². The van der Waals surface area contributed by atoms with Gasteiger partial charge in [0, 0.05) is 89.2 Å². The van der Waals surface area contributed by atoms with Crippen LogP contribution in [0.5, 0.6) is 0 Å². The molecule has 22 nitrogen and oxygen atoms in total. The molecule has 1 aliphatic carbocycles. The zero-order chi connectivity index (χ0) is 61.6. The molecule has 0 unspecified atom stereocenters. The van der Waals surface area contributed by atoms with Gasteiger partial charge in [-0.2, -0.15) is 40.4 Å². The van der Waals surface area contributed by atoms with Gasteiger partial charge in [-0.15, -0.1) is 5.06 Å². The van der Waals surface area contributed by atoms with Crippen molar-refractivity contribution in [2.75, 3.05) is 156 Å². The number of anilines is 1. The topological polar surface area (TPSA) is 264 Å². The third-order valence-corrected chi connectivity index (χ3v) is 23.7. The third-order valence-electron chi connectivity index (χ3n) is 14.2. The Morgan fingerprint density at radius 1 is 0.682 bits per heavy atom. The molecular weight excluding hydrogens is 1200 g/mol. The van der Waals surface area contributed by atoms with Gasteiger partial charge in [0.1, 0.15) is 27.1 Å². The number of amides is 3. The molecular formula is C58H79N4O18S4Si+. The molecule has 2 heterocycles. The standard InChI is InChI=1S/C58H78N4O18S4Si/c1-59(2)44-12-15-49-52(39-44)85(37-35-81-33-31-78-25-23-73-5,38-36-82-34-32-79-26-24-74-6)53-40-45(60(3)4)13-16-50(53)57(49)47-9-7-8-10-48(47)58(66)61(42-43-11-14-46(83(67,68)69)41-51(43)84(70,71)72)20-22-76-28-30-77-29-27-75-21-19-56(65)80-62-54(63)17-18-55(62)64/h7-16,39-41H,17-38,42H2,1-6H3,(H-,67,68,69,70,71,72)/p+1. The number of thioether (sulfide) groups is 2. The van der Waals surface area contributed by atoms with E-state index in [2.05, 4.69) is 45.9 Å². The van der Waals surface area contributed by atoms with E-state index in [0.717, 1.165) is 75.3 Å². The van der Waals surface area contributed by atoms with Gasteiger partial charge < -0.3 is 47.8 Å². The third kappa shape index (κ3) is 19.7. The zero-order valence-corrected chi connectivity index (χ0v) is 53.4. The maximum atomic E-state index is 15.6. The van der Waals surface area contributed by atoms with E-state index in [1.807, 2.05) is 63.8 Å². The van der Waals surface area contributed by atoms with Crippen molar-refractivity contribution in [3.05, 3.63) is 112 Å². The summed E-state index contributed by atoms with van der Waals surface area (Å²) >= 11 is 3.73. The van der Waals surface area contributed by atoms with Crippen molar-refractivity contribution in [1.29, 1.82) is 0 Å². The lowest BCUT2D eigenvalue weighted by atomic mass is 9.87. The van der Waals surface area contributed by atoms with Crippen LogP contribution in [0.3, 0.4) is 0 Å². The fourth-order valence-corrected chi connectivity index (χ4v) is 19.8. The van der Waals surface area contributed by atoms with Crippen molar-refractivity contribution in [1.82, 2.24) is 9.96 Å². The molecule has 2 N–H and O–H groups in total. The molecule has 1 fully saturated rings. The van der Waals surface area contributed by atoms with Crippen molar-refractivity contribution in [3.8, 4) is 0 Å². The number of carbonyl (C=O) groups excluding carboxylic acids is 4. The first-order valence-electron chi connectivity index (χ1n) is 27.8. The molecule has 27 heteroatoms. The molecule has 85 heavy (non-hydrogen) atoms. The highest BCUT2D eigenvalue weighted by atomic mass is 32.2. The Morgan fingerprint density at radius 2 is 1.27 bits per heavy atom. The molecule has 1 saturated heterocycles. The van der Waals surface area contributed by atoms with Gasteiger partial charge in [0.05, 0.1) is 90.6 Å². The second-order valence-electron chi connectivity index (χ2n) is 20.3. The van der Waals surface area contributed by atoms with Crippen LogP contribution in [-0.4, -0.2) is 229 Å². The first-order valence-corrected chi connectivity index (χ1v) is 35.4. The SMILES string of the molecule is COCCOCCSCC[Si]1(CCSCCOCCOC)C2=CC(=[N+](C)C)C=CC2=C(c2ccccc2C(=O)N(CCOCCOCCOCCC(=O)ON2C(=O)CCC2=O)Cc2ccc(S(=O)(=O)O)cc2S(=O)(=O)O)c2ccc(N(C)C)cc21. The number of ether oxygens (including phenoxy) is 7. The second-order valence-corrected chi connectivity index (χ2v) is 29.8. The van der Waals surface area contributed by atoms with Crippen LogP contribution >= 0.6 is 23.5 Å². The van der Waals surface area contributed by atoms with Gasteiger partial charge >= 0.3 is 5.97 Å². The number of hydrogen-bond donors (Lipinski definition) is 2. The summed E-state index contributed by atoms with van der Waals surface area (Å²) < 4.78 is 112. The van der Waals surface area contributed by atoms with Crippen LogP contribution in [0.2, 0.25) is 12.1 Å². The molecule has 0 spiro atoms. The summed E-state index contributed by atoms with van der Waals surface area (Å²) in [6.45, 7) is 2.97. The normalized spacial score (nSPS) is 14.8. The fraction of sp³-hybridized carbons (Fsp3) is 0.500. The van der Waals surface area contributed by atoms with Crippen molar-refractivity contribution < 1.29 is 87.7 Å². The van der Waals surface area contributed by atoms with E-state index in [1.54, 1.807) is 26.4 Å². The number of methoxy groups -OCH3 is 2. The Kier molecular flexibility index (Phi) is 27.5. The monoisotopic (exact) mass is 1280 g/mol. The second kappa shape index (κ2) is 33.9. The molecule has 0 radical (unpaired) electrons. The van der Waals surface area contributed by atoms with Crippen LogP contribution in [0.15, 0.2) is 99.5 Å². The number of allylic oxidation sites excluding steroid dienone is 5. The summed E-state index contributed by atoms with van der Waals surface area (Å²) in [5.74, 6) is 0.885. The number of hydrogen-bond acceptors (Lipinski definition) is 19. The van der Waals surface area contributed by atoms with Gasteiger partial charge in [0.15, 0.2) is 5.71 Å². The lowest BCUT2D eigenvalue weighted by Gasteiger charge is -2.43. The average molecular weight is 1280 g/mol. The fourth-order valence-electron chi connectivity index (χ4n) is 9.77. The number of hydroxylamine groups is 2. The number of nitrogens with zero attached hydrogens (tertiary/aromatic N) is 4. The van der Waals surface area contributed by atoms with E-state index in [-0.39, 0.29) is 76.6 Å². The van der Waals surface area contributed by atoms with Crippen LogP contribution < -0.4 is 10.1 Å². The predicted octanol–water partition coefficient (Wildman–Crippen LogP) is 4.95. The molecule has 6 rings (SSSR count). The van der Waals surface area contributed by atoms with E-state index in [9.17, 15) is 40.3 Å². The minimum absolute atomic E-state index is 0.0175. The van der Waals surface area contributed by atoms with Crippen molar-refractivity contribution in [2.45, 2.75) is 47.7 Å². The Morgan fingerprint density at radius 3 is 1.86 bits per heavy atom. The Hall–Kier alpha value is -5.11. The van der Waals surface area contributed by atoms with Crippen molar-refractivity contribution in [3.63, 3.8) is 0 Å². The summed E-state index contributed by atoms with van der Waals surface area (Å²) in [5, 5.41) is 2.94. The number of imide groups is 1. The van der Waals surface area contributed by atoms with Crippen LogP contribution in [0.4, 0.5) is 5.69 Å². The van der Waals surface area contributed by atoms with Crippen LogP contribution in [0.25, 0.3) is 5.57 Å². The summed E-state index contributed by atoms with van der Waals surface area (Å²) in [7, 11) is -1.41. The smallest absolute Gasteiger partial charge is 0.335 e. The van der Waals surface area contributed by atoms with Gasteiger partial charge in [-0.25, -0.2) is 9.37 Å². The molecule has 0 atom stereocenters. The lowest BCUT2D eigenvalue weighted by Crippen LogP contribution is -2.55. The van der Waals surface area contributed by atoms with Crippen molar-refractivity contribution in [2.24, 2.45) is 0 Å². The lowest BCUT2D eigenvalue weighted by molar-refractivity contribution is -0.462. The highest BCUT2D eigenvalue weighted by Crippen LogP contribution is 2.46. The molecule has 3 amide bonds. The van der Waals surface area contributed by atoms with E-state index >= 15 is 4.79 Å². The van der Waals surface area contributed by atoms with Gasteiger partial charge in [-0.3, -0.25) is 23.5 Å². The number of rotatable bonds is 38. The summed E-state index contributed by atoms with van der Waals surface area (Å²) in [5.41, 5.74) is 5.65. The minimum Gasteiger partial charge on any atom is -0.382 e. The van der Waals surface area contributed by atoms with Crippen LogP contribution in [0, 0.1) is 0 Å². The molecule has 3 aliphatic rings. The Labute approximate surface area is 508 Å². The largest absolute Gasteiger partial charge is 0.382 e. The van der Waals surface area contributed by atoms with E-state index in [4.69, 9.17) is 38.0 Å². The zero-order valence-electron chi connectivity index (χ0n) is 49.1. The number of fused-ring (bicyclic) bond motifs is 2. The van der Waals surface area contributed by atoms with Gasteiger partial charge in [0.2, 0.25) is 0 Å². The molecule has 0 saturated carbocycles. The van der Waals surface area contributed by atoms with E-state index in [1.165, 1.54) is 15.3 Å². The van der Waals surface area contributed by atoms with Crippen LogP contribution in [-0.2, 0) is 79.2 Å². The maximum absolute atomic E-state index is 15.6. The molecule has 0 aromatic heterocycles. The summed E-state index contributed by atoms with van der Waals surface area (Å²) in [6, 6.07) is 18.4. The quantitative estimate of drug-likeness (QED) is 0.0253. The predicted molar refractivity (Wildman–Crippen MR) is 328 cm³/mol. The maximum Gasteiger partial charge on any atom is 0.335 e. The summed E-state index contributed by atoms with van der Waals surface area (Å²) in [4.78, 5) is 57.9. The van der Waals surface area contributed by atoms with Gasteiger partial charge in [0.25, 0.3) is 38.0 Å². The van der Waals surface area contributed by atoms with Crippen molar-refractivity contribution >= 4 is 97.7 Å². The van der Waals surface area contributed by atoms with Gasteiger partial charge in [-0.05, 0) is 98.2 Å². The molecule has 2 aliphatic heterocycles. The Bertz CT molecular complexity index is 3130. The summed E-state index contributed by atoms with van der Waals surface area (Å²) in [6.07, 6.45) is 6.35. The van der Waals surface area contributed by atoms with E-state index in [0.29, 0.717) is 56.3 Å². The molecule has 0 bridgehead atoms. The highest BCUT2D eigenvalue weighted by Gasteiger charge is 2.47. The Balaban J connectivity index is 1.33. The average Bonchev–Trinajstić information content (AvgIpc) is 2.08. The van der Waals surface area contributed by atoms with Gasteiger partial charge in [-0.1, -0.05) is 30.3 Å². The molecule has 3 aromatic rings. The first kappa shape index (κ1) is 69.0.